The van der Waals surface area contributed by atoms with E-state index in [0.717, 1.165) is 6.54 Å². The molecule has 0 spiro atoms. The Balaban J connectivity index is 1.41. The Labute approximate surface area is 152 Å². The number of hydrogen-bond donors (Lipinski definition) is 2. The van der Waals surface area contributed by atoms with Crippen LogP contribution in [0.5, 0.6) is 11.5 Å². The summed E-state index contributed by atoms with van der Waals surface area (Å²) in [7, 11) is 1.62. The third-order valence-electron chi connectivity index (χ3n) is 4.51. The number of amides is 1. The number of methoxy groups -OCH3 is 1. The van der Waals surface area contributed by atoms with Gasteiger partial charge >= 0.3 is 0 Å². The maximum absolute atomic E-state index is 12.2. The van der Waals surface area contributed by atoms with Crippen LogP contribution in [0.25, 0.3) is 0 Å². The average Bonchev–Trinajstić information content (AvgIpc) is 3.30. The molecule has 2 atom stereocenters. The highest BCUT2D eigenvalue weighted by atomic mass is 32.1. The fraction of sp³-hybridized carbons (Fsp3) is 0.421. The molecule has 1 aromatic carbocycles. The van der Waals surface area contributed by atoms with Crippen LogP contribution in [-0.2, 0) is 4.79 Å². The van der Waals surface area contributed by atoms with Crippen LogP contribution in [0.4, 0.5) is 0 Å². The first-order valence-electron chi connectivity index (χ1n) is 8.68. The van der Waals surface area contributed by atoms with Crippen molar-refractivity contribution >= 4 is 17.2 Å². The van der Waals surface area contributed by atoms with Gasteiger partial charge in [0.05, 0.1) is 25.1 Å². The van der Waals surface area contributed by atoms with E-state index in [1.165, 1.54) is 22.6 Å². The number of likely N-dealkylation sites (tertiary alicyclic amines) is 1. The van der Waals surface area contributed by atoms with Gasteiger partial charge in [-0.15, -0.1) is 11.3 Å². The van der Waals surface area contributed by atoms with Crippen molar-refractivity contribution in [2.24, 2.45) is 0 Å². The van der Waals surface area contributed by atoms with Gasteiger partial charge in [0, 0.05) is 12.8 Å². The predicted molar refractivity (Wildman–Crippen MR) is 98.5 cm³/mol. The topological polar surface area (TPSA) is 52.0 Å². The molecule has 1 amide bonds. The molecule has 0 saturated carbocycles. The lowest BCUT2D eigenvalue weighted by Gasteiger charge is -2.20. The highest BCUT2D eigenvalue weighted by Gasteiger charge is 2.32. The van der Waals surface area contributed by atoms with Crippen LogP contribution in [0.15, 0.2) is 41.8 Å². The monoisotopic (exact) mass is 361 g/mol. The molecule has 1 aliphatic rings. The average molecular weight is 361 g/mol. The van der Waals surface area contributed by atoms with Crippen molar-refractivity contribution < 1.29 is 19.2 Å². The van der Waals surface area contributed by atoms with Crippen molar-refractivity contribution in [3.05, 3.63) is 46.7 Å². The highest BCUT2D eigenvalue weighted by Crippen LogP contribution is 2.25. The number of thiophene rings is 1. The molecule has 5 nitrogen and oxygen atoms in total. The van der Waals surface area contributed by atoms with Crippen LogP contribution in [-0.4, -0.2) is 39.3 Å². The molecule has 1 aromatic heterocycles. The number of rotatable bonds is 8. The number of carbonyl (C=O) groups excluding carboxylic acids is 1. The van der Waals surface area contributed by atoms with Gasteiger partial charge in [0.2, 0.25) is 0 Å². The number of para-hydroxylation sites is 2. The summed E-state index contributed by atoms with van der Waals surface area (Å²) in [5.41, 5.74) is 0. The molecule has 3 rings (SSSR count). The van der Waals surface area contributed by atoms with E-state index >= 15 is 0 Å². The second-order valence-electron chi connectivity index (χ2n) is 6.14. The van der Waals surface area contributed by atoms with E-state index in [1.807, 2.05) is 24.3 Å². The van der Waals surface area contributed by atoms with Gasteiger partial charge in [0.1, 0.15) is 12.6 Å². The summed E-state index contributed by atoms with van der Waals surface area (Å²) in [6, 6.07) is 12.3. The summed E-state index contributed by atoms with van der Waals surface area (Å²) in [6.45, 7) is 2.51. The lowest BCUT2D eigenvalue weighted by atomic mass is 10.2. The molecular weight excluding hydrogens is 336 g/mol. The van der Waals surface area contributed by atoms with Crippen molar-refractivity contribution in [1.82, 2.24) is 5.32 Å². The fourth-order valence-electron chi connectivity index (χ4n) is 3.31. The Hall–Kier alpha value is -2.05. The Morgan fingerprint density at radius 2 is 2.12 bits per heavy atom. The first-order valence-corrected chi connectivity index (χ1v) is 9.56. The van der Waals surface area contributed by atoms with Crippen molar-refractivity contribution in [3.63, 3.8) is 0 Å². The summed E-state index contributed by atoms with van der Waals surface area (Å²) in [5.74, 6) is 1.48. The molecule has 2 N–H and O–H groups in total. The van der Waals surface area contributed by atoms with Crippen LogP contribution < -0.4 is 19.7 Å². The number of benzene rings is 1. The first kappa shape index (κ1) is 17.8. The number of nitrogens with one attached hydrogen (secondary N) is 2. The lowest BCUT2D eigenvalue weighted by Crippen LogP contribution is -3.11. The summed E-state index contributed by atoms with van der Waals surface area (Å²) >= 11 is 1.79. The summed E-state index contributed by atoms with van der Waals surface area (Å²) in [4.78, 5) is 15.0. The second kappa shape index (κ2) is 8.87. The van der Waals surface area contributed by atoms with E-state index in [0.29, 0.717) is 37.2 Å². The minimum atomic E-state index is 0.0853. The van der Waals surface area contributed by atoms with Gasteiger partial charge in [0.15, 0.2) is 18.0 Å². The molecule has 25 heavy (non-hydrogen) atoms. The summed E-state index contributed by atoms with van der Waals surface area (Å²) < 4.78 is 10.9. The van der Waals surface area contributed by atoms with E-state index in [1.54, 1.807) is 18.4 Å². The molecule has 2 heterocycles. The zero-order valence-corrected chi connectivity index (χ0v) is 15.3. The zero-order chi connectivity index (χ0) is 17.5. The fourth-order valence-corrected chi connectivity index (χ4v) is 4.23. The van der Waals surface area contributed by atoms with E-state index in [9.17, 15) is 4.79 Å². The van der Waals surface area contributed by atoms with E-state index in [-0.39, 0.29) is 5.91 Å². The third kappa shape index (κ3) is 4.74. The Bertz CT molecular complexity index is 675. The minimum absolute atomic E-state index is 0.0853. The summed E-state index contributed by atoms with van der Waals surface area (Å²) in [6.07, 6.45) is 2.35. The van der Waals surface area contributed by atoms with Gasteiger partial charge in [-0.25, -0.2) is 0 Å². The first-order chi connectivity index (χ1) is 12.3. The lowest BCUT2D eigenvalue weighted by molar-refractivity contribution is -0.910. The molecule has 134 valence electrons. The van der Waals surface area contributed by atoms with E-state index in [4.69, 9.17) is 9.47 Å². The van der Waals surface area contributed by atoms with Gasteiger partial charge in [-0.05, 0) is 23.6 Å². The molecule has 1 fully saturated rings. The van der Waals surface area contributed by atoms with Gasteiger partial charge in [-0.2, -0.15) is 0 Å². The van der Waals surface area contributed by atoms with Crippen molar-refractivity contribution in [1.29, 1.82) is 0 Å². The smallest absolute Gasteiger partial charge is 0.275 e. The Kier molecular flexibility index (Phi) is 6.30. The van der Waals surface area contributed by atoms with E-state index in [2.05, 4.69) is 22.8 Å². The molecule has 1 unspecified atom stereocenters. The van der Waals surface area contributed by atoms with Crippen LogP contribution >= 0.6 is 11.3 Å². The van der Waals surface area contributed by atoms with Crippen molar-refractivity contribution in [2.45, 2.75) is 18.9 Å². The largest absolute Gasteiger partial charge is 0.493 e. The number of carbonyl (C=O) groups is 1. The van der Waals surface area contributed by atoms with E-state index < -0.39 is 0 Å². The number of quaternary nitrogens is 1. The highest BCUT2D eigenvalue weighted by molar-refractivity contribution is 7.10. The van der Waals surface area contributed by atoms with Gasteiger partial charge in [0.25, 0.3) is 5.91 Å². The van der Waals surface area contributed by atoms with Gasteiger partial charge in [-0.1, -0.05) is 18.2 Å². The van der Waals surface area contributed by atoms with Crippen molar-refractivity contribution in [2.75, 3.05) is 33.4 Å². The molecule has 6 heteroatoms. The molecule has 2 aromatic rings. The molecular formula is C19H25N2O3S+. The quantitative estimate of drug-likeness (QED) is 0.704. The molecule has 0 radical (unpaired) electrons. The van der Waals surface area contributed by atoms with Crippen LogP contribution in [0.3, 0.4) is 0 Å². The Morgan fingerprint density at radius 3 is 2.88 bits per heavy atom. The zero-order valence-electron chi connectivity index (χ0n) is 14.5. The summed E-state index contributed by atoms with van der Waals surface area (Å²) in [5, 5.41) is 5.07. The Morgan fingerprint density at radius 1 is 1.28 bits per heavy atom. The third-order valence-corrected chi connectivity index (χ3v) is 5.49. The van der Waals surface area contributed by atoms with Crippen molar-refractivity contribution in [3.8, 4) is 11.5 Å². The number of hydrogen-bond acceptors (Lipinski definition) is 4. The maximum Gasteiger partial charge on any atom is 0.275 e. The maximum atomic E-state index is 12.2. The van der Waals surface area contributed by atoms with Crippen LogP contribution in [0.2, 0.25) is 0 Å². The normalized spacial score (nSPS) is 19.6. The SMILES string of the molecule is COc1ccccc1OCCNC(=O)C[NH+]1CCC[C@@H]1c1cccs1. The molecule has 1 aliphatic heterocycles. The van der Waals surface area contributed by atoms with Gasteiger partial charge < -0.3 is 19.7 Å². The predicted octanol–water partition coefficient (Wildman–Crippen LogP) is 1.67. The standard InChI is InChI=1S/C19H24N2O3S/c1-23-16-7-2-3-8-17(16)24-12-10-20-19(22)14-21-11-4-6-15(21)18-9-5-13-25-18/h2-3,5,7-9,13,15H,4,6,10-12,14H2,1H3,(H,20,22)/p+1/t15-/m1/s1. The molecule has 0 aliphatic carbocycles. The number of ether oxygens (including phenoxy) is 2. The molecule has 1 saturated heterocycles. The minimum Gasteiger partial charge on any atom is -0.493 e. The van der Waals surface area contributed by atoms with Crippen LogP contribution in [0, 0.1) is 0 Å². The van der Waals surface area contributed by atoms with Crippen LogP contribution in [0.1, 0.15) is 23.8 Å². The second-order valence-corrected chi connectivity index (χ2v) is 7.12. The molecule has 0 bridgehead atoms. The van der Waals surface area contributed by atoms with Gasteiger partial charge in [-0.3, -0.25) is 4.79 Å².